The van der Waals surface area contributed by atoms with E-state index in [9.17, 15) is 25.2 Å². The highest BCUT2D eigenvalue weighted by molar-refractivity contribution is 5.80. The molecule has 0 radical (unpaired) electrons. The molecule has 0 aliphatic rings. The van der Waals surface area contributed by atoms with E-state index in [-0.39, 0.29) is 0 Å². The molecule has 6 heteroatoms. The normalized spacial score (nSPS) is 13.7. The highest BCUT2D eigenvalue weighted by Crippen LogP contribution is 2.19. The van der Waals surface area contributed by atoms with E-state index in [0.29, 0.717) is 12.8 Å². The van der Waals surface area contributed by atoms with Crippen LogP contribution in [0.2, 0.25) is 0 Å². The minimum atomic E-state index is -1.28. The predicted molar refractivity (Wildman–Crippen MR) is 311 cm³/mol. The summed E-state index contributed by atoms with van der Waals surface area (Å²) in [7, 11) is 0. The Labute approximate surface area is 444 Å². The first-order chi connectivity index (χ1) is 35.0. The van der Waals surface area contributed by atoms with E-state index in [4.69, 9.17) is 0 Å². The van der Waals surface area contributed by atoms with Crippen LogP contribution in [0.3, 0.4) is 0 Å². The lowest BCUT2D eigenvalue weighted by atomic mass is 10.00. The molecule has 0 aromatic heterocycles. The average molecular weight is 1000 g/mol. The Hall–Kier alpha value is -1.21. The van der Waals surface area contributed by atoms with E-state index < -0.39 is 36.9 Å². The molecule has 71 heavy (non-hydrogen) atoms. The van der Waals surface area contributed by atoms with Crippen LogP contribution in [0.25, 0.3) is 0 Å². The molecule has 0 saturated carbocycles. The number of hydrogen-bond donors (Lipinski definition) is 5. The van der Waals surface area contributed by atoms with Gasteiger partial charge in [-0.2, -0.15) is 0 Å². The van der Waals surface area contributed by atoms with Crippen LogP contribution in [-0.2, 0) is 4.79 Å². The van der Waals surface area contributed by atoms with Crippen molar-refractivity contribution in [3.63, 3.8) is 0 Å². The molecule has 1 amide bonds. The maximum absolute atomic E-state index is 12.6. The number of amides is 1. The van der Waals surface area contributed by atoms with E-state index in [0.717, 1.165) is 38.5 Å². The third kappa shape index (κ3) is 53.4. The number of carbonyl (C=O) groups excluding carboxylic acids is 1. The molecule has 5 N–H and O–H groups in total. The Kier molecular flexibility index (Phi) is 58.6. The summed E-state index contributed by atoms with van der Waals surface area (Å²) in [6, 6.07) is -1.00. The summed E-state index contributed by atoms with van der Waals surface area (Å²) in [5.74, 6) is -0.588. The van der Waals surface area contributed by atoms with Gasteiger partial charge in [-0.25, -0.2) is 0 Å². The Morgan fingerprint density at radius 2 is 0.577 bits per heavy atom. The van der Waals surface area contributed by atoms with Crippen LogP contribution in [-0.4, -0.2) is 57.3 Å². The van der Waals surface area contributed by atoms with Gasteiger partial charge >= 0.3 is 0 Å². The number of nitrogens with one attached hydrogen (secondary N) is 1. The van der Waals surface area contributed by atoms with Gasteiger partial charge < -0.3 is 25.7 Å². The molecule has 0 aromatic carbocycles. The predicted octanol–water partition coefficient (Wildman–Crippen LogP) is 19.4. The fourth-order valence-electron chi connectivity index (χ4n) is 10.3. The lowest BCUT2D eigenvalue weighted by molar-refractivity contribution is -0.132. The molecule has 0 aliphatic carbocycles. The number of rotatable bonds is 60. The zero-order chi connectivity index (χ0) is 51.6. The molecule has 422 valence electrons. The summed E-state index contributed by atoms with van der Waals surface area (Å²) in [5.41, 5.74) is 0. The first-order valence-corrected chi connectivity index (χ1v) is 32.2. The van der Waals surface area contributed by atoms with Gasteiger partial charge in [0.2, 0.25) is 5.91 Å². The molecule has 4 unspecified atom stereocenters. The summed E-state index contributed by atoms with van der Waals surface area (Å²) >= 11 is 0. The Bertz CT molecular complexity index is 1080. The summed E-state index contributed by atoms with van der Waals surface area (Å²) in [4.78, 5) is 12.6. The van der Waals surface area contributed by atoms with Crippen LogP contribution >= 0.6 is 0 Å². The van der Waals surface area contributed by atoms with Crippen molar-refractivity contribution >= 4 is 5.91 Å². The van der Waals surface area contributed by atoms with Gasteiger partial charge in [0.25, 0.3) is 0 Å². The highest BCUT2D eigenvalue weighted by atomic mass is 16.3. The summed E-state index contributed by atoms with van der Waals surface area (Å²) < 4.78 is 0. The molecule has 0 fully saturated rings. The summed E-state index contributed by atoms with van der Waals surface area (Å²) in [5, 5.41) is 44.1. The molecular weight excluding hydrogens is 875 g/mol. The first-order valence-electron chi connectivity index (χ1n) is 32.2. The monoisotopic (exact) mass is 1000 g/mol. The van der Waals surface area contributed by atoms with Gasteiger partial charge in [0.1, 0.15) is 12.2 Å². The smallest absolute Gasteiger partial charge is 0.249 e. The van der Waals surface area contributed by atoms with Gasteiger partial charge in [-0.1, -0.05) is 314 Å². The molecule has 6 nitrogen and oxygen atoms in total. The van der Waals surface area contributed by atoms with E-state index in [2.05, 4.69) is 43.5 Å². The Balaban J connectivity index is 3.60. The van der Waals surface area contributed by atoms with Crippen molar-refractivity contribution in [2.45, 2.75) is 379 Å². The van der Waals surface area contributed by atoms with Crippen molar-refractivity contribution in [3.8, 4) is 0 Å². The number of hydrogen-bond acceptors (Lipinski definition) is 5. The second-order valence-corrected chi connectivity index (χ2v) is 22.5. The lowest BCUT2D eigenvalue weighted by Gasteiger charge is -2.27. The van der Waals surface area contributed by atoms with Crippen molar-refractivity contribution in [2.75, 3.05) is 6.61 Å². The third-order valence-corrected chi connectivity index (χ3v) is 15.4. The SMILES string of the molecule is CCCCCCCCCCCCCC/C=C\CCCCCCCCCCCCCCC(O)C(=O)NC(CO)C(O)C(O)CCC/C=C/CCCCCCCCCCCCCCCCCCCCCCCC. The second-order valence-electron chi connectivity index (χ2n) is 22.5. The topological polar surface area (TPSA) is 110 Å². The zero-order valence-corrected chi connectivity index (χ0v) is 48.0. The fourth-order valence-corrected chi connectivity index (χ4v) is 10.3. The molecule has 0 rings (SSSR count). The maximum atomic E-state index is 12.6. The minimum Gasteiger partial charge on any atom is -0.394 e. The van der Waals surface area contributed by atoms with Crippen LogP contribution in [0.4, 0.5) is 0 Å². The van der Waals surface area contributed by atoms with Crippen molar-refractivity contribution in [3.05, 3.63) is 24.3 Å². The highest BCUT2D eigenvalue weighted by Gasteiger charge is 2.28. The van der Waals surface area contributed by atoms with E-state index in [1.807, 2.05) is 0 Å². The standard InChI is InChI=1S/C65H127NO5/c1-3-5-7-9-11-13-15-17-19-21-23-25-27-29-31-33-35-37-39-41-43-45-47-49-51-53-55-57-59-63(69)65(71)66-61(60-67)64(70)62(68)58-56-54-52-50-48-46-44-42-40-38-36-34-32-30-28-26-24-22-20-18-16-14-12-10-8-6-4-2/h29,31,50,52,61-64,67-70H,3-28,30,32-49,51,53-60H2,1-2H3,(H,66,71)/b31-29-,52-50+. The van der Waals surface area contributed by atoms with E-state index in [1.165, 1.54) is 289 Å². The molecule has 0 saturated heterocycles. The molecular formula is C65H127NO5. The summed E-state index contributed by atoms with van der Waals surface area (Å²) in [6.45, 7) is 4.09. The van der Waals surface area contributed by atoms with Gasteiger partial charge in [0.15, 0.2) is 0 Å². The van der Waals surface area contributed by atoms with Crippen molar-refractivity contribution in [1.82, 2.24) is 5.32 Å². The molecule has 0 bridgehead atoms. The zero-order valence-electron chi connectivity index (χ0n) is 48.0. The molecule has 4 atom stereocenters. The molecule has 0 aliphatic heterocycles. The van der Waals surface area contributed by atoms with Gasteiger partial charge in [0.05, 0.1) is 18.8 Å². The van der Waals surface area contributed by atoms with Crippen molar-refractivity contribution in [2.24, 2.45) is 0 Å². The van der Waals surface area contributed by atoms with Gasteiger partial charge in [-0.15, -0.1) is 0 Å². The molecule has 0 heterocycles. The number of unbranched alkanes of at least 4 members (excludes halogenated alkanes) is 47. The number of aliphatic hydroxyl groups is 4. The lowest BCUT2D eigenvalue weighted by Crippen LogP contribution is -2.53. The van der Waals surface area contributed by atoms with Crippen LogP contribution in [0.5, 0.6) is 0 Å². The van der Waals surface area contributed by atoms with E-state index >= 15 is 0 Å². The van der Waals surface area contributed by atoms with Gasteiger partial charge in [0, 0.05) is 0 Å². The van der Waals surface area contributed by atoms with Crippen molar-refractivity contribution < 1.29 is 25.2 Å². The average Bonchev–Trinajstić information content (AvgIpc) is 3.38. The minimum absolute atomic E-state index is 0.365. The van der Waals surface area contributed by atoms with Crippen LogP contribution in [0.1, 0.15) is 354 Å². The van der Waals surface area contributed by atoms with Gasteiger partial charge in [-0.3, -0.25) is 4.79 Å². The quantitative estimate of drug-likeness (QED) is 0.0308. The van der Waals surface area contributed by atoms with Crippen LogP contribution < -0.4 is 5.32 Å². The first kappa shape index (κ1) is 69.8. The van der Waals surface area contributed by atoms with Crippen molar-refractivity contribution in [1.29, 1.82) is 0 Å². The second kappa shape index (κ2) is 59.7. The maximum Gasteiger partial charge on any atom is 0.249 e. The molecule has 0 aromatic rings. The number of carbonyl (C=O) groups is 1. The third-order valence-electron chi connectivity index (χ3n) is 15.4. The largest absolute Gasteiger partial charge is 0.394 e. The number of allylic oxidation sites excluding steroid dienone is 4. The summed E-state index contributed by atoms with van der Waals surface area (Å²) in [6.07, 6.45) is 74.2. The Morgan fingerprint density at radius 3 is 0.845 bits per heavy atom. The molecule has 0 spiro atoms. The van der Waals surface area contributed by atoms with Crippen LogP contribution in [0.15, 0.2) is 24.3 Å². The fraction of sp³-hybridized carbons (Fsp3) is 0.923. The van der Waals surface area contributed by atoms with Crippen LogP contribution in [0, 0.1) is 0 Å². The van der Waals surface area contributed by atoms with Gasteiger partial charge in [-0.05, 0) is 64.2 Å². The number of aliphatic hydroxyl groups excluding tert-OH is 4. The van der Waals surface area contributed by atoms with E-state index in [1.54, 1.807) is 0 Å². The Morgan fingerprint density at radius 1 is 0.338 bits per heavy atom.